The van der Waals surface area contributed by atoms with Crippen LogP contribution in [0.15, 0.2) is 6.20 Å². The maximum Gasteiger partial charge on any atom is 0.231 e. The predicted octanol–water partition coefficient (Wildman–Crippen LogP) is -0.947. The Bertz CT molecular complexity index is 485. The molecule has 0 saturated heterocycles. The standard InChI is InChI=1S/C12H19N5O2/c1-7-3-16-9(8(2)12(7)15)4-17(5-10(13)18)6-11(14)19/h3H,4-6H2,1-2H3,(H2,13,18)(H2,14,19)(H2,15,16). The first kappa shape index (κ1) is 14.9. The fourth-order valence-corrected chi connectivity index (χ4v) is 1.77. The second-order valence-electron chi connectivity index (χ2n) is 4.50. The van der Waals surface area contributed by atoms with Gasteiger partial charge in [0.1, 0.15) is 0 Å². The fourth-order valence-electron chi connectivity index (χ4n) is 1.77. The minimum Gasteiger partial charge on any atom is -0.398 e. The summed E-state index contributed by atoms with van der Waals surface area (Å²) in [5.74, 6) is -1.06. The lowest BCUT2D eigenvalue weighted by atomic mass is 10.1. The van der Waals surface area contributed by atoms with Gasteiger partial charge in [-0.1, -0.05) is 0 Å². The third-order valence-electron chi connectivity index (χ3n) is 2.81. The topological polar surface area (TPSA) is 128 Å². The molecule has 1 aromatic heterocycles. The number of rotatable bonds is 6. The predicted molar refractivity (Wildman–Crippen MR) is 71.8 cm³/mol. The van der Waals surface area contributed by atoms with E-state index in [1.807, 2.05) is 13.8 Å². The Morgan fingerprint density at radius 3 is 2.21 bits per heavy atom. The molecule has 0 aromatic carbocycles. The number of hydrogen-bond acceptors (Lipinski definition) is 5. The second kappa shape index (κ2) is 6.14. The molecule has 2 amide bonds. The summed E-state index contributed by atoms with van der Waals surface area (Å²) in [6, 6.07) is 0. The van der Waals surface area contributed by atoms with Crippen LogP contribution in [0.3, 0.4) is 0 Å². The van der Waals surface area contributed by atoms with E-state index >= 15 is 0 Å². The molecule has 0 radical (unpaired) electrons. The SMILES string of the molecule is Cc1cnc(CN(CC(N)=O)CC(N)=O)c(C)c1N. The van der Waals surface area contributed by atoms with Crippen molar-refractivity contribution in [3.05, 3.63) is 23.0 Å². The van der Waals surface area contributed by atoms with Crippen molar-refractivity contribution in [2.45, 2.75) is 20.4 Å². The molecule has 0 aliphatic carbocycles. The van der Waals surface area contributed by atoms with Crippen LogP contribution in [0.4, 0.5) is 5.69 Å². The molecule has 104 valence electrons. The number of amides is 2. The maximum absolute atomic E-state index is 11.0. The van der Waals surface area contributed by atoms with E-state index in [1.165, 1.54) is 4.90 Å². The van der Waals surface area contributed by atoms with Crippen LogP contribution in [0.1, 0.15) is 16.8 Å². The number of nitrogen functional groups attached to an aromatic ring is 1. The summed E-state index contributed by atoms with van der Waals surface area (Å²) in [6.45, 7) is 3.89. The average molecular weight is 265 g/mol. The molecule has 0 spiro atoms. The number of anilines is 1. The molecular formula is C12H19N5O2. The Labute approximate surface area is 111 Å². The summed E-state index contributed by atoms with van der Waals surface area (Å²) in [4.78, 5) is 27.7. The van der Waals surface area contributed by atoms with Gasteiger partial charge in [0.2, 0.25) is 11.8 Å². The number of aromatic nitrogens is 1. The van der Waals surface area contributed by atoms with Crippen molar-refractivity contribution < 1.29 is 9.59 Å². The lowest BCUT2D eigenvalue weighted by Crippen LogP contribution is -2.39. The molecule has 0 aliphatic rings. The van der Waals surface area contributed by atoms with E-state index in [1.54, 1.807) is 6.20 Å². The third kappa shape index (κ3) is 4.22. The molecule has 1 rings (SSSR count). The highest BCUT2D eigenvalue weighted by atomic mass is 16.2. The molecule has 0 unspecified atom stereocenters. The number of nitrogens with two attached hydrogens (primary N) is 3. The van der Waals surface area contributed by atoms with Gasteiger partial charge in [-0.2, -0.15) is 0 Å². The molecule has 0 saturated carbocycles. The first-order valence-electron chi connectivity index (χ1n) is 5.80. The van der Waals surface area contributed by atoms with Gasteiger partial charge in [0, 0.05) is 18.4 Å². The van der Waals surface area contributed by atoms with Crippen molar-refractivity contribution in [3.63, 3.8) is 0 Å². The third-order valence-corrected chi connectivity index (χ3v) is 2.81. The van der Waals surface area contributed by atoms with Crippen LogP contribution in [0.2, 0.25) is 0 Å². The monoisotopic (exact) mass is 265 g/mol. The quantitative estimate of drug-likeness (QED) is 0.611. The van der Waals surface area contributed by atoms with Gasteiger partial charge in [0.05, 0.1) is 18.8 Å². The number of carbonyl (C=O) groups is 2. The molecule has 0 fully saturated rings. The number of nitrogens with zero attached hydrogens (tertiary/aromatic N) is 2. The van der Waals surface area contributed by atoms with Crippen LogP contribution >= 0.6 is 0 Å². The zero-order valence-electron chi connectivity index (χ0n) is 11.1. The van der Waals surface area contributed by atoms with E-state index in [2.05, 4.69) is 4.98 Å². The van der Waals surface area contributed by atoms with Crippen LogP contribution in [0.25, 0.3) is 0 Å². The van der Waals surface area contributed by atoms with E-state index < -0.39 is 11.8 Å². The Hall–Kier alpha value is -2.15. The summed E-state index contributed by atoms with van der Waals surface area (Å²) >= 11 is 0. The lowest BCUT2D eigenvalue weighted by Gasteiger charge is -2.20. The van der Waals surface area contributed by atoms with E-state index in [9.17, 15) is 9.59 Å². The number of primary amides is 2. The Morgan fingerprint density at radius 1 is 1.21 bits per heavy atom. The average Bonchev–Trinajstić information content (AvgIpc) is 2.28. The van der Waals surface area contributed by atoms with Crippen molar-refractivity contribution in [3.8, 4) is 0 Å². The first-order chi connectivity index (χ1) is 8.81. The molecule has 6 N–H and O–H groups in total. The molecule has 1 aromatic rings. The largest absolute Gasteiger partial charge is 0.398 e. The van der Waals surface area contributed by atoms with Gasteiger partial charge in [-0.05, 0) is 25.0 Å². The van der Waals surface area contributed by atoms with Crippen LogP contribution in [-0.2, 0) is 16.1 Å². The summed E-state index contributed by atoms with van der Waals surface area (Å²) in [7, 11) is 0. The van der Waals surface area contributed by atoms with E-state index in [-0.39, 0.29) is 13.1 Å². The molecule has 0 bridgehead atoms. The normalized spacial score (nSPS) is 10.7. The Balaban J connectivity index is 2.92. The summed E-state index contributed by atoms with van der Waals surface area (Å²) < 4.78 is 0. The number of hydrogen-bond donors (Lipinski definition) is 3. The van der Waals surface area contributed by atoms with Crippen molar-refractivity contribution >= 4 is 17.5 Å². The van der Waals surface area contributed by atoms with Gasteiger partial charge in [0.15, 0.2) is 0 Å². The van der Waals surface area contributed by atoms with Gasteiger partial charge in [-0.15, -0.1) is 0 Å². The summed E-state index contributed by atoms with van der Waals surface area (Å²) in [5, 5.41) is 0. The van der Waals surface area contributed by atoms with Crippen LogP contribution in [0, 0.1) is 13.8 Å². The Morgan fingerprint density at radius 2 is 1.74 bits per heavy atom. The number of pyridine rings is 1. The van der Waals surface area contributed by atoms with E-state index in [4.69, 9.17) is 17.2 Å². The van der Waals surface area contributed by atoms with Crippen LogP contribution in [-0.4, -0.2) is 34.8 Å². The zero-order chi connectivity index (χ0) is 14.6. The highest BCUT2D eigenvalue weighted by Crippen LogP contribution is 2.18. The number of carbonyl (C=O) groups excluding carboxylic acids is 2. The molecule has 7 nitrogen and oxygen atoms in total. The second-order valence-corrected chi connectivity index (χ2v) is 4.50. The smallest absolute Gasteiger partial charge is 0.231 e. The van der Waals surface area contributed by atoms with Crippen molar-refractivity contribution in [1.29, 1.82) is 0 Å². The van der Waals surface area contributed by atoms with Crippen molar-refractivity contribution in [2.24, 2.45) is 11.5 Å². The minimum absolute atomic E-state index is 0.0577. The molecular weight excluding hydrogens is 246 g/mol. The van der Waals surface area contributed by atoms with Crippen LogP contribution in [0.5, 0.6) is 0 Å². The Kier molecular flexibility index (Phi) is 4.82. The lowest BCUT2D eigenvalue weighted by molar-refractivity contribution is -0.122. The van der Waals surface area contributed by atoms with Gasteiger partial charge < -0.3 is 17.2 Å². The minimum atomic E-state index is -0.529. The molecule has 19 heavy (non-hydrogen) atoms. The highest BCUT2D eigenvalue weighted by Gasteiger charge is 2.15. The van der Waals surface area contributed by atoms with E-state index in [0.717, 1.165) is 11.1 Å². The van der Waals surface area contributed by atoms with Crippen molar-refractivity contribution in [1.82, 2.24) is 9.88 Å². The van der Waals surface area contributed by atoms with Gasteiger partial charge >= 0.3 is 0 Å². The van der Waals surface area contributed by atoms with Crippen LogP contribution < -0.4 is 17.2 Å². The maximum atomic E-state index is 11.0. The number of aryl methyl sites for hydroxylation is 1. The van der Waals surface area contributed by atoms with E-state index in [0.29, 0.717) is 17.9 Å². The first-order valence-corrected chi connectivity index (χ1v) is 5.80. The zero-order valence-corrected chi connectivity index (χ0v) is 11.1. The highest BCUT2D eigenvalue weighted by molar-refractivity contribution is 5.79. The molecule has 1 heterocycles. The molecule has 0 aliphatic heterocycles. The van der Waals surface area contributed by atoms with Gasteiger partial charge in [-0.3, -0.25) is 19.5 Å². The summed E-state index contributed by atoms with van der Waals surface area (Å²) in [6.07, 6.45) is 1.66. The summed E-state index contributed by atoms with van der Waals surface area (Å²) in [5.41, 5.74) is 19.3. The molecule has 0 atom stereocenters. The molecule has 7 heteroatoms. The van der Waals surface area contributed by atoms with Gasteiger partial charge in [-0.25, -0.2) is 0 Å². The van der Waals surface area contributed by atoms with Gasteiger partial charge in [0.25, 0.3) is 0 Å². The fraction of sp³-hybridized carbons (Fsp3) is 0.417. The van der Waals surface area contributed by atoms with Crippen molar-refractivity contribution in [2.75, 3.05) is 18.8 Å².